The molecule has 1 aliphatic heterocycles. The van der Waals surface area contributed by atoms with Gasteiger partial charge in [0.05, 0.1) is 25.6 Å². The third-order valence-corrected chi connectivity index (χ3v) is 5.42. The van der Waals surface area contributed by atoms with Crippen LogP contribution in [0, 0.1) is 0 Å². The Labute approximate surface area is 177 Å². The van der Waals surface area contributed by atoms with E-state index in [1.54, 1.807) is 42.0 Å². The summed E-state index contributed by atoms with van der Waals surface area (Å²) < 4.78 is 12.8. The number of halogens is 1. The van der Waals surface area contributed by atoms with Gasteiger partial charge in [0.2, 0.25) is 5.91 Å². The first kappa shape index (κ1) is 19.8. The molecule has 0 fully saturated rings. The van der Waals surface area contributed by atoms with Crippen LogP contribution in [-0.4, -0.2) is 35.8 Å². The number of hydrogen-bond acceptors (Lipinski definition) is 4. The molecule has 0 saturated heterocycles. The number of hydrogen-bond donors (Lipinski definition) is 2. The Bertz CT molecular complexity index is 1140. The number of benzene rings is 2. The molecule has 8 heteroatoms. The molecular formula is C22H19ClN2O5. The third-order valence-electron chi connectivity index (χ3n) is 5.17. The van der Waals surface area contributed by atoms with Crippen LogP contribution in [0.1, 0.15) is 34.0 Å². The number of aromatic carboxylic acids is 1. The lowest BCUT2D eigenvalue weighted by molar-refractivity contribution is -0.116. The molecule has 1 amide bonds. The van der Waals surface area contributed by atoms with Gasteiger partial charge in [-0.3, -0.25) is 4.79 Å². The van der Waals surface area contributed by atoms with Gasteiger partial charge in [0.25, 0.3) is 0 Å². The van der Waals surface area contributed by atoms with E-state index in [2.05, 4.69) is 5.32 Å². The van der Waals surface area contributed by atoms with E-state index in [0.29, 0.717) is 22.2 Å². The molecular weight excluding hydrogens is 408 g/mol. The van der Waals surface area contributed by atoms with Crippen molar-refractivity contribution in [1.29, 1.82) is 0 Å². The summed E-state index contributed by atoms with van der Waals surface area (Å²) in [5.74, 6) is -0.800. The highest BCUT2D eigenvalue weighted by Crippen LogP contribution is 2.46. The standard InChI is InChI=1S/C22H19ClN2O5/c1-29-17-5-3-4-14(21(17)30-2)15-10-18(26)24-19-16(22(27)28)11-25(20(15)19)13-8-6-12(23)7-9-13/h3-9,11,15H,10H2,1-2H3,(H,24,26)(H,27,28)/t15-/m0/s1. The number of ether oxygens (including phenoxy) is 2. The van der Waals surface area contributed by atoms with Crippen LogP contribution in [0.15, 0.2) is 48.7 Å². The molecule has 1 aromatic heterocycles. The monoisotopic (exact) mass is 426 g/mol. The maximum absolute atomic E-state index is 12.5. The quantitative estimate of drug-likeness (QED) is 0.634. The number of aromatic nitrogens is 1. The van der Waals surface area contributed by atoms with Crippen LogP contribution in [0.4, 0.5) is 5.69 Å². The molecule has 0 saturated carbocycles. The number of anilines is 1. The Balaban J connectivity index is 1.99. The smallest absolute Gasteiger partial charge is 0.339 e. The lowest BCUT2D eigenvalue weighted by Crippen LogP contribution is -2.25. The van der Waals surface area contributed by atoms with Crippen molar-refractivity contribution in [3.63, 3.8) is 0 Å². The maximum atomic E-state index is 12.5. The first-order valence-corrected chi connectivity index (χ1v) is 9.57. The van der Waals surface area contributed by atoms with Gasteiger partial charge in [-0.1, -0.05) is 23.7 Å². The fourth-order valence-corrected chi connectivity index (χ4v) is 4.01. The van der Waals surface area contributed by atoms with Gasteiger partial charge in [0.15, 0.2) is 11.5 Å². The normalized spacial score (nSPS) is 15.3. The number of carboxylic acids is 1. The summed E-state index contributed by atoms with van der Waals surface area (Å²) in [7, 11) is 3.08. The van der Waals surface area contributed by atoms with Gasteiger partial charge >= 0.3 is 5.97 Å². The van der Waals surface area contributed by atoms with Gasteiger partial charge in [-0.15, -0.1) is 0 Å². The molecule has 0 spiro atoms. The van der Waals surface area contributed by atoms with Gasteiger partial charge in [-0.25, -0.2) is 4.79 Å². The first-order chi connectivity index (χ1) is 14.4. The SMILES string of the molecule is COc1cccc([C@@H]2CC(=O)Nc3c(C(=O)O)cn(-c4ccc(Cl)cc4)c32)c1OC. The van der Waals surface area contributed by atoms with E-state index in [4.69, 9.17) is 21.1 Å². The second-order valence-corrected chi connectivity index (χ2v) is 7.28. The number of methoxy groups -OCH3 is 2. The van der Waals surface area contributed by atoms with E-state index in [1.165, 1.54) is 13.3 Å². The highest BCUT2D eigenvalue weighted by atomic mass is 35.5. The molecule has 0 aliphatic carbocycles. The van der Waals surface area contributed by atoms with Gasteiger partial charge in [-0.05, 0) is 30.3 Å². The minimum Gasteiger partial charge on any atom is -0.493 e. The summed E-state index contributed by atoms with van der Waals surface area (Å²) >= 11 is 6.02. The van der Waals surface area contributed by atoms with Crippen molar-refractivity contribution in [2.24, 2.45) is 0 Å². The van der Waals surface area contributed by atoms with E-state index in [0.717, 1.165) is 11.3 Å². The van der Waals surface area contributed by atoms with Crippen molar-refractivity contribution in [3.8, 4) is 17.2 Å². The Morgan fingerprint density at radius 1 is 1.17 bits per heavy atom. The number of rotatable bonds is 5. The molecule has 1 aliphatic rings. The Kier molecular flexibility index (Phi) is 5.13. The van der Waals surface area contributed by atoms with Crippen molar-refractivity contribution in [3.05, 3.63) is 70.5 Å². The number of para-hydroxylation sites is 1. The number of amides is 1. The first-order valence-electron chi connectivity index (χ1n) is 9.19. The minimum absolute atomic E-state index is 0.0138. The molecule has 2 aromatic carbocycles. The largest absolute Gasteiger partial charge is 0.493 e. The number of carbonyl (C=O) groups is 2. The van der Waals surface area contributed by atoms with Gasteiger partial charge in [-0.2, -0.15) is 0 Å². The van der Waals surface area contributed by atoms with Gasteiger partial charge < -0.3 is 24.5 Å². The average molecular weight is 427 g/mol. The second-order valence-electron chi connectivity index (χ2n) is 6.84. The molecule has 0 unspecified atom stereocenters. The highest BCUT2D eigenvalue weighted by Gasteiger charge is 2.36. The zero-order valence-electron chi connectivity index (χ0n) is 16.3. The number of carboxylic acid groups (broad SMARTS) is 1. The zero-order valence-corrected chi connectivity index (χ0v) is 17.1. The van der Waals surface area contributed by atoms with Crippen LogP contribution in [0.2, 0.25) is 5.02 Å². The lowest BCUT2D eigenvalue weighted by atomic mass is 9.87. The molecule has 4 rings (SSSR count). The number of fused-ring (bicyclic) bond motifs is 1. The van der Waals surface area contributed by atoms with Crippen LogP contribution in [0.25, 0.3) is 5.69 Å². The highest BCUT2D eigenvalue weighted by molar-refractivity contribution is 6.30. The Morgan fingerprint density at radius 2 is 1.90 bits per heavy atom. The molecule has 7 nitrogen and oxygen atoms in total. The van der Waals surface area contributed by atoms with Crippen molar-refractivity contribution >= 4 is 29.2 Å². The van der Waals surface area contributed by atoms with Crippen LogP contribution in [0.3, 0.4) is 0 Å². The van der Waals surface area contributed by atoms with Crippen molar-refractivity contribution < 1.29 is 24.2 Å². The van der Waals surface area contributed by atoms with E-state index in [1.807, 2.05) is 12.1 Å². The summed E-state index contributed by atoms with van der Waals surface area (Å²) in [6.07, 6.45) is 1.65. The second kappa shape index (κ2) is 7.76. The van der Waals surface area contributed by atoms with Crippen molar-refractivity contribution in [2.45, 2.75) is 12.3 Å². The molecule has 0 bridgehead atoms. The van der Waals surface area contributed by atoms with E-state index < -0.39 is 11.9 Å². The van der Waals surface area contributed by atoms with Crippen LogP contribution in [0.5, 0.6) is 11.5 Å². The van der Waals surface area contributed by atoms with Crippen molar-refractivity contribution in [1.82, 2.24) is 4.57 Å². The van der Waals surface area contributed by atoms with E-state index in [9.17, 15) is 14.7 Å². The molecule has 2 heterocycles. The van der Waals surface area contributed by atoms with Crippen LogP contribution in [-0.2, 0) is 4.79 Å². The predicted octanol–water partition coefficient (Wildman–Crippen LogP) is 4.32. The molecule has 3 aromatic rings. The average Bonchev–Trinajstić information content (AvgIpc) is 3.12. The summed E-state index contributed by atoms with van der Waals surface area (Å²) in [6.45, 7) is 0. The van der Waals surface area contributed by atoms with E-state index in [-0.39, 0.29) is 23.6 Å². The number of nitrogens with one attached hydrogen (secondary N) is 1. The fourth-order valence-electron chi connectivity index (χ4n) is 3.89. The summed E-state index contributed by atoms with van der Waals surface area (Å²) in [5, 5.41) is 13.0. The topological polar surface area (TPSA) is 89.8 Å². The van der Waals surface area contributed by atoms with Gasteiger partial charge in [0, 0.05) is 34.8 Å². The van der Waals surface area contributed by atoms with E-state index >= 15 is 0 Å². The number of nitrogens with zero attached hydrogens (tertiary/aromatic N) is 1. The molecule has 30 heavy (non-hydrogen) atoms. The summed E-state index contributed by atoms with van der Waals surface area (Å²) in [6, 6.07) is 12.5. The molecule has 154 valence electrons. The molecule has 0 radical (unpaired) electrons. The predicted molar refractivity (Wildman–Crippen MR) is 112 cm³/mol. The van der Waals surface area contributed by atoms with Crippen LogP contribution < -0.4 is 14.8 Å². The maximum Gasteiger partial charge on any atom is 0.339 e. The third kappa shape index (κ3) is 3.27. The molecule has 2 N–H and O–H groups in total. The molecule has 1 atom stereocenters. The lowest BCUT2D eigenvalue weighted by Gasteiger charge is -2.27. The summed E-state index contributed by atoms with van der Waals surface area (Å²) in [5.41, 5.74) is 2.41. The zero-order chi connectivity index (χ0) is 21.4. The van der Waals surface area contributed by atoms with Gasteiger partial charge in [0.1, 0.15) is 5.56 Å². The Hall–Kier alpha value is -3.45. The fraction of sp³-hybridized carbons (Fsp3) is 0.182. The summed E-state index contributed by atoms with van der Waals surface area (Å²) in [4.78, 5) is 24.4. The van der Waals surface area contributed by atoms with Crippen molar-refractivity contribution in [2.75, 3.05) is 19.5 Å². The minimum atomic E-state index is -1.13. The Morgan fingerprint density at radius 3 is 2.53 bits per heavy atom. The van der Waals surface area contributed by atoms with Crippen LogP contribution >= 0.6 is 11.6 Å². The number of carbonyl (C=O) groups excluding carboxylic acids is 1.